The van der Waals surface area contributed by atoms with Gasteiger partial charge in [0.1, 0.15) is 0 Å². The normalized spacial score (nSPS) is 17.4. The predicted octanol–water partition coefficient (Wildman–Crippen LogP) is 8.53. The van der Waals surface area contributed by atoms with E-state index in [0.717, 1.165) is 0 Å². The van der Waals surface area contributed by atoms with Gasteiger partial charge < -0.3 is 0 Å². The molecular weight excluding hydrogens is 761 g/mol. The van der Waals surface area contributed by atoms with Crippen molar-refractivity contribution in [1.82, 2.24) is 0 Å². The summed E-state index contributed by atoms with van der Waals surface area (Å²) in [5.74, 6) is -109. The van der Waals surface area contributed by atoms with Crippen LogP contribution in [0.25, 0.3) is 0 Å². The van der Waals surface area contributed by atoms with E-state index in [-0.39, 0.29) is 0 Å². The summed E-state index contributed by atoms with van der Waals surface area (Å²) in [5.41, 5.74) is 0. The molecule has 0 aromatic carbocycles. The lowest BCUT2D eigenvalue weighted by Gasteiger charge is -2.45. The van der Waals surface area contributed by atoms with Gasteiger partial charge >= 0.3 is 81.4 Å². The van der Waals surface area contributed by atoms with E-state index < -0.39 is 92.4 Å². The molecule has 31 heteroatoms. The largest absolute Gasteiger partial charge is 0.460 e. The van der Waals surface area contributed by atoms with E-state index in [0.29, 0.717) is 0 Å². The van der Waals surface area contributed by atoms with Crippen LogP contribution in [-0.2, 0) is 10.1 Å². The van der Waals surface area contributed by atoms with E-state index in [9.17, 15) is 127 Å². The van der Waals surface area contributed by atoms with Crippen molar-refractivity contribution in [2.24, 2.45) is 0 Å². The Labute approximate surface area is 225 Å². The third-order valence-corrected chi connectivity index (χ3v) is 5.61. The molecule has 0 radical (unpaired) electrons. The number of hydrogen-bond donors (Lipinski definition) is 1. The minimum absolute atomic E-state index is 4.77. The molecule has 0 aliphatic rings. The molecule has 1 N–H and O–H groups in total. The summed E-state index contributed by atoms with van der Waals surface area (Å²) in [6.07, 6.45) is -8.28. The lowest BCUT2D eigenvalue weighted by atomic mass is 9.84. The summed E-state index contributed by atoms with van der Waals surface area (Å²) >= 11 is 0. The van der Waals surface area contributed by atoms with Crippen LogP contribution in [0.4, 0.5) is 119 Å². The molecule has 270 valence electrons. The van der Waals surface area contributed by atoms with Gasteiger partial charge in [-0.05, 0) is 0 Å². The average Bonchev–Trinajstić information content (AvgIpc) is 2.80. The van der Waals surface area contributed by atoms with Gasteiger partial charge in [-0.25, -0.2) is 4.39 Å². The molecule has 0 aromatic heterocycles. The molecule has 0 heterocycles. The van der Waals surface area contributed by atoms with E-state index in [4.69, 9.17) is 4.55 Å². The van der Waals surface area contributed by atoms with Crippen molar-refractivity contribution < 1.29 is 132 Å². The topological polar surface area (TPSA) is 54.4 Å². The van der Waals surface area contributed by atoms with E-state index in [2.05, 4.69) is 0 Å². The second-order valence-electron chi connectivity index (χ2n) is 7.88. The van der Waals surface area contributed by atoms with Crippen molar-refractivity contribution in [1.29, 1.82) is 0 Å². The standard InChI is InChI=1S/C14HF27O3S/c15-1(2(16)45(42,43)44)3(17,18)4(19,20)5(21,22)6(23,24)7(25,26)8(27,28)9(29,30)10(31,32)11(33,34)12(35,36)13(37,38)14(39,40)41/h(H,42,43,44)/b2-1-. The SMILES string of the molecule is O=S(=O)(O)/C(F)=C(\F)C(F)(F)C(F)(F)C(F)(F)C(F)(F)C(F)(F)C(F)(F)C(F)(F)C(F)(F)C(F)(F)C(F)(F)C(F)(F)C(F)(F)F. The highest BCUT2D eigenvalue weighted by molar-refractivity contribution is 7.89. The van der Waals surface area contributed by atoms with Gasteiger partial charge in [0.05, 0.1) is 0 Å². The van der Waals surface area contributed by atoms with Crippen molar-refractivity contribution in [3.8, 4) is 0 Å². The average molecular weight is 762 g/mol. The Bertz CT molecular complexity index is 1270. The molecule has 0 fully saturated rings. The summed E-state index contributed by atoms with van der Waals surface area (Å²) in [6.45, 7) is 0. The Morgan fingerprint density at radius 3 is 0.711 bits per heavy atom. The van der Waals surface area contributed by atoms with Crippen LogP contribution in [0.1, 0.15) is 0 Å². The van der Waals surface area contributed by atoms with Crippen LogP contribution >= 0.6 is 0 Å². The van der Waals surface area contributed by atoms with Crippen LogP contribution in [0.15, 0.2) is 11.0 Å². The van der Waals surface area contributed by atoms with Crippen LogP contribution in [0.5, 0.6) is 0 Å². The quantitative estimate of drug-likeness (QED) is 0.160. The Kier molecular flexibility index (Phi) is 9.86. The first-order chi connectivity index (χ1) is 18.8. The Balaban J connectivity index is 7.57. The fraction of sp³-hybridized carbons (Fsp3) is 0.857. The molecule has 0 aromatic rings. The maximum Gasteiger partial charge on any atom is 0.460 e. The highest BCUT2D eigenvalue weighted by atomic mass is 32.2. The first-order valence-corrected chi connectivity index (χ1v) is 10.5. The van der Waals surface area contributed by atoms with E-state index in [1.165, 1.54) is 0 Å². The maximum absolute atomic E-state index is 13.6. The minimum atomic E-state index is -9.87. The smallest absolute Gasteiger partial charge is 0.280 e. The lowest BCUT2D eigenvalue weighted by molar-refractivity contribution is -0.481. The minimum Gasteiger partial charge on any atom is -0.280 e. The van der Waals surface area contributed by atoms with Gasteiger partial charge in [0.25, 0.3) is 5.16 Å². The van der Waals surface area contributed by atoms with Crippen LogP contribution in [0, 0.1) is 0 Å². The third kappa shape index (κ3) is 5.19. The maximum atomic E-state index is 13.6. The van der Waals surface area contributed by atoms with Crippen LogP contribution in [0.2, 0.25) is 0 Å². The summed E-state index contributed by atoms with van der Waals surface area (Å²) in [5, 5.41) is -4.77. The zero-order valence-electron chi connectivity index (χ0n) is 18.9. The van der Waals surface area contributed by atoms with E-state index >= 15 is 0 Å². The third-order valence-electron chi connectivity index (χ3n) is 4.97. The second-order valence-corrected chi connectivity index (χ2v) is 9.19. The zero-order chi connectivity index (χ0) is 37.7. The monoisotopic (exact) mass is 762 g/mol. The first kappa shape index (κ1) is 42.8. The Morgan fingerprint density at radius 2 is 0.533 bits per heavy atom. The van der Waals surface area contributed by atoms with Gasteiger partial charge in [-0.15, -0.1) is 0 Å². The second kappa shape index (κ2) is 10.4. The van der Waals surface area contributed by atoms with E-state index in [1.807, 2.05) is 0 Å². The molecule has 45 heavy (non-hydrogen) atoms. The van der Waals surface area contributed by atoms with Crippen molar-refractivity contribution in [3.05, 3.63) is 11.0 Å². The van der Waals surface area contributed by atoms with Gasteiger partial charge in [0.15, 0.2) is 0 Å². The number of rotatable bonds is 12. The lowest BCUT2D eigenvalue weighted by Crippen LogP contribution is -2.78. The fourth-order valence-electron chi connectivity index (χ4n) is 2.33. The van der Waals surface area contributed by atoms with E-state index in [1.54, 1.807) is 0 Å². The van der Waals surface area contributed by atoms with Crippen LogP contribution in [-0.4, -0.2) is 84.3 Å². The van der Waals surface area contributed by atoms with Gasteiger partial charge in [0, 0.05) is 0 Å². The molecular formula is C14HF27O3S. The highest BCUT2D eigenvalue weighted by Gasteiger charge is 2.99. The van der Waals surface area contributed by atoms with Gasteiger partial charge in [-0.2, -0.15) is 123 Å². The summed E-state index contributed by atoms with van der Waals surface area (Å²) < 4.78 is 385. The van der Waals surface area contributed by atoms with Crippen LogP contribution < -0.4 is 0 Å². The molecule has 0 spiro atoms. The van der Waals surface area contributed by atoms with Crippen LogP contribution in [0.3, 0.4) is 0 Å². The summed E-state index contributed by atoms with van der Waals surface area (Å²) in [7, 11) is -7.27. The molecule has 0 saturated carbocycles. The molecule has 0 unspecified atom stereocenters. The predicted molar refractivity (Wildman–Crippen MR) is 81.3 cm³/mol. The van der Waals surface area contributed by atoms with Crippen molar-refractivity contribution in [2.45, 2.75) is 71.3 Å². The van der Waals surface area contributed by atoms with Gasteiger partial charge in [0.2, 0.25) is 5.83 Å². The number of halogens is 27. The molecule has 0 aliphatic carbocycles. The first-order valence-electron chi connectivity index (χ1n) is 9.07. The molecule has 3 nitrogen and oxygen atoms in total. The highest BCUT2D eigenvalue weighted by Crippen LogP contribution is 2.68. The van der Waals surface area contributed by atoms with Gasteiger partial charge in [-0.3, -0.25) is 4.55 Å². The molecule has 0 saturated heterocycles. The molecule has 0 aliphatic heterocycles. The molecule has 0 amide bonds. The molecule has 0 bridgehead atoms. The van der Waals surface area contributed by atoms with Crippen molar-refractivity contribution in [3.63, 3.8) is 0 Å². The molecule has 0 rings (SSSR count). The molecule has 0 atom stereocenters. The van der Waals surface area contributed by atoms with Crippen molar-refractivity contribution >= 4 is 10.1 Å². The van der Waals surface area contributed by atoms with Gasteiger partial charge in [-0.1, -0.05) is 0 Å². The number of alkyl halides is 25. The Hall–Kier alpha value is -2.24. The summed E-state index contributed by atoms with van der Waals surface area (Å²) in [6, 6.07) is 0. The number of hydrogen-bond acceptors (Lipinski definition) is 2. The summed E-state index contributed by atoms with van der Waals surface area (Å²) in [4.78, 5) is 0. The number of allylic oxidation sites excluding steroid dienone is 1. The van der Waals surface area contributed by atoms with Crippen molar-refractivity contribution in [2.75, 3.05) is 0 Å². The zero-order valence-corrected chi connectivity index (χ0v) is 19.7. The fourth-order valence-corrected chi connectivity index (χ4v) is 2.68. The Morgan fingerprint density at radius 1 is 0.356 bits per heavy atom.